The van der Waals surface area contributed by atoms with Crippen LogP contribution in [-0.4, -0.2) is 10.1 Å². The SMILES string of the molecule is OC(Cc1c(F)ccc(Br)c1F)c1cncc(F)c1. The molecule has 0 aliphatic heterocycles. The van der Waals surface area contributed by atoms with Crippen LogP contribution in [0.25, 0.3) is 0 Å². The Morgan fingerprint density at radius 1 is 1.21 bits per heavy atom. The Balaban J connectivity index is 2.29. The Morgan fingerprint density at radius 3 is 2.63 bits per heavy atom. The number of benzene rings is 1. The molecule has 6 heteroatoms. The molecular weight excluding hydrogens is 323 g/mol. The highest BCUT2D eigenvalue weighted by atomic mass is 79.9. The first-order valence-corrected chi connectivity index (χ1v) is 6.19. The third-order valence-electron chi connectivity index (χ3n) is 2.65. The van der Waals surface area contributed by atoms with E-state index in [0.717, 1.165) is 18.3 Å². The predicted octanol–water partition coefficient (Wildman–Crippen LogP) is 3.54. The molecule has 1 N–H and O–H groups in total. The van der Waals surface area contributed by atoms with Crippen molar-refractivity contribution in [1.29, 1.82) is 0 Å². The van der Waals surface area contributed by atoms with E-state index >= 15 is 0 Å². The summed E-state index contributed by atoms with van der Waals surface area (Å²) in [5, 5.41) is 9.88. The van der Waals surface area contributed by atoms with Crippen LogP contribution in [0.4, 0.5) is 13.2 Å². The number of aliphatic hydroxyl groups excluding tert-OH is 1. The molecule has 1 atom stereocenters. The van der Waals surface area contributed by atoms with E-state index < -0.39 is 23.6 Å². The number of halogens is 4. The molecule has 100 valence electrons. The molecule has 0 amide bonds. The van der Waals surface area contributed by atoms with Gasteiger partial charge in [0.15, 0.2) is 0 Å². The highest BCUT2D eigenvalue weighted by Crippen LogP contribution is 2.26. The van der Waals surface area contributed by atoms with Crippen LogP contribution in [0, 0.1) is 17.5 Å². The van der Waals surface area contributed by atoms with Gasteiger partial charge in [0.25, 0.3) is 0 Å². The molecule has 0 saturated heterocycles. The van der Waals surface area contributed by atoms with Crippen molar-refractivity contribution in [3.8, 4) is 0 Å². The maximum Gasteiger partial charge on any atom is 0.143 e. The quantitative estimate of drug-likeness (QED) is 0.873. The lowest BCUT2D eigenvalue weighted by molar-refractivity contribution is 0.174. The summed E-state index contributed by atoms with van der Waals surface area (Å²) in [6, 6.07) is 3.41. The maximum atomic E-state index is 13.7. The molecule has 2 nitrogen and oxygen atoms in total. The van der Waals surface area contributed by atoms with Crippen LogP contribution in [0.3, 0.4) is 0 Å². The summed E-state index contributed by atoms with van der Waals surface area (Å²) in [4.78, 5) is 3.58. The van der Waals surface area contributed by atoms with Crippen molar-refractivity contribution in [2.75, 3.05) is 0 Å². The maximum absolute atomic E-state index is 13.7. The third-order valence-corrected chi connectivity index (χ3v) is 3.26. The monoisotopic (exact) mass is 331 g/mol. The van der Waals surface area contributed by atoms with Crippen LogP contribution in [0.5, 0.6) is 0 Å². The summed E-state index contributed by atoms with van der Waals surface area (Å²) in [6.45, 7) is 0. The highest BCUT2D eigenvalue weighted by molar-refractivity contribution is 9.10. The highest BCUT2D eigenvalue weighted by Gasteiger charge is 2.18. The number of nitrogens with zero attached hydrogens (tertiary/aromatic N) is 1. The zero-order valence-corrected chi connectivity index (χ0v) is 11.2. The van der Waals surface area contributed by atoms with Crippen LogP contribution in [0.15, 0.2) is 35.1 Å². The van der Waals surface area contributed by atoms with Crippen molar-refractivity contribution in [1.82, 2.24) is 4.98 Å². The number of rotatable bonds is 3. The van der Waals surface area contributed by atoms with Crippen molar-refractivity contribution in [3.63, 3.8) is 0 Å². The topological polar surface area (TPSA) is 33.1 Å². The molecule has 1 aromatic heterocycles. The van der Waals surface area contributed by atoms with Gasteiger partial charge in [0.2, 0.25) is 0 Å². The van der Waals surface area contributed by atoms with E-state index in [-0.39, 0.29) is 22.0 Å². The van der Waals surface area contributed by atoms with Gasteiger partial charge in [-0.2, -0.15) is 0 Å². The molecule has 0 aliphatic rings. The lowest BCUT2D eigenvalue weighted by Gasteiger charge is -2.12. The summed E-state index contributed by atoms with van der Waals surface area (Å²) in [6.07, 6.45) is 0.696. The summed E-state index contributed by atoms with van der Waals surface area (Å²) in [5.74, 6) is -2.15. The van der Waals surface area contributed by atoms with Crippen LogP contribution in [0.2, 0.25) is 0 Å². The van der Waals surface area contributed by atoms with Gasteiger partial charge in [-0.1, -0.05) is 0 Å². The molecule has 2 rings (SSSR count). The van der Waals surface area contributed by atoms with Gasteiger partial charge in [-0.05, 0) is 34.1 Å². The Labute approximate surface area is 116 Å². The molecule has 1 heterocycles. The first kappa shape index (κ1) is 14.0. The second-order valence-corrected chi connectivity index (χ2v) is 4.83. The van der Waals surface area contributed by atoms with Gasteiger partial charge in [-0.25, -0.2) is 13.2 Å². The zero-order valence-electron chi connectivity index (χ0n) is 9.58. The van der Waals surface area contributed by atoms with Crippen molar-refractivity contribution in [2.24, 2.45) is 0 Å². The number of hydrogen-bond donors (Lipinski definition) is 1. The largest absolute Gasteiger partial charge is 0.388 e. The predicted molar refractivity (Wildman–Crippen MR) is 66.9 cm³/mol. The van der Waals surface area contributed by atoms with Gasteiger partial charge in [0.05, 0.1) is 16.8 Å². The molecule has 2 aromatic rings. The molecule has 0 radical (unpaired) electrons. The fraction of sp³-hybridized carbons (Fsp3) is 0.154. The van der Waals surface area contributed by atoms with E-state index in [9.17, 15) is 18.3 Å². The van der Waals surface area contributed by atoms with Crippen LogP contribution >= 0.6 is 15.9 Å². The van der Waals surface area contributed by atoms with Crippen molar-refractivity contribution < 1.29 is 18.3 Å². The summed E-state index contributed by atoms with van der Waals surface area (Å²) < 4.78 is 40.3. The molecule has 0 spiro atoms. The Hall–Kier alpha value is -1.40. The van der Waals surface area contributed by atoms with E-state index in [1.54, 1.807) is 0 Å². The van der Waals surface area contributed by atoms with Gasteiger partial charge in [0, 0.05) is 23.7 Å². The third kappa shape index (κ3) is 3.13. The van der Waals surface area contributed by atoms with E-state index in [4.69, 9.17) is 0 Å². The Morgan fingerprint density at radius 2 is 1.95 bits per heavy atom. The molecule has 19 heavy (non-hydrogen) atoms. The standard InChI is InChI=1S/C13H9BrF3NO/c14-10-1-2-11(16)9(13(10)17)4-12(19)7-3-8(15)6-18-5-7/h1-3,5-6,12,19H,4H2. The lowest BCUT2D eigenvalue weighted by atomic mass is 10.0. The van der Waals surface area contributed by atoms with Gasteiger partial charge in [0.1, 0.15) is 17.5 Å². The number of hydrogen-bond acceptors (Lipinski definition) is 2. The molecule has 1 unspecified atom stereocenters. The first-order chi connectivity index (χ1) is 8.99. The number of pyridine rings is 1. The van der Waals surface area contributed by atoms with Gasteiger partial charge >= 0.3 is 0 Å². The second kappa shape index (κ2) is 5.71. The zero-order chi connectivity index (χ0) is 14.0. The van der Waals surface area contributed by atoms with Gasteiger partial charge in [-0.15, -0.1) is 0 Å². The molecule has 0 fully saturated rings. The van der Waals surface area contributed by atoms with E-state index in [2.05, 4.69) is 20.9 Å². The smallest absolute Gasteiger partial charge is 0.143 e. The first-order valence-electron chi connectivity index (χ1n) is 5.40. The average molecular weight is 332 g/mol. The minimum Gasteiger partial charge on any atom is -0.388 e. The number of aliphatic hydroxyl groups is 1. The van der Waals surface area contributed by atoms with E-state index in [1.807, 2.05) is 0 Å². The fourth-order valence-corrected chi connectivity index (χ4v) is 2.05. The molecule has 0 aliphatic carbocycles. The van der Waals surface area contributed by atoms with Crippen LogP contribution < -0.4 is 0 Å². The van der Waals surface area contributed by atoms with E-state index in [0.29, 0.717) is 0 Å². The fourth-order valence-electron chi connectivity index (χ4n) is 1.68. The van der Waals surface area contributed by atoms with Crippen molar-refractivity contribution in [2.45, 2.75) is 12.5 Å². The van der Waals surface area contributed by atoms with Gasteiger partial charge in [-0.3, -0.25) is 4.98 Å². The molecule has 1 aromatic carbocycles. The van der Waals surface area contributed by atoms with E-state index in [1.165, 1.54) is 12.3 Å². The number of aromatic nitrogens is 1. The average Bonchev–Trinajstić information content (AvgIpc) is 2.39. The summed E-state index contributed by atoms with van der Waals surface area (Å²) >= 11 is 2.94. The molecular formula is C13H9BrF3NO. The van der Waals surface area contributed by atoms with Crippen LogP contribution in [0.1, 0.15) is 17.2 Å². The Bertz CT molecular complexity index is 606. The minimum atomic E-state index is -1.23. The lowest BCUT2D eigenvalue weighted by Crippen LogP contribution is -2.07. The summed E-state index contributed by atoms with van der Waals surface area (Å²) in [5.41, 5.74) is -0.0927. The van der Waals surface area contributed by atoms with Crippen molar-refractivity contribution in [3.05, 3.63) is 63.6 Å². The summed E-state index contributed by atoms with van der Waals surface area (Å²) in [7, 11) is 0. The van der Waals surface area contributed by atoms with Crippen molar-refractivity contribution >= 4 is 15.9 Å². The molecule has 0 saturated carbocycles. The molecule has 0 bridgehead atoms. The second-order valence-electron chi connectivity index (χ2n) is 3.98. The Kier molecular flexibility index (Phi) is 4.21. The normalized spacial score (nSPS) is 12.5. The van der Waals surface area contributed by atoms with Crippen LogP contribution in [-0.2, 0) is 6.42 Å². The van der Waals surface area contributed by atoms with Gasteiger partial charge < -0.3 is 5.11 Å². The minimum absolute atomic E-state index is 0.105.